The van der Waals surface area contributed by atoms with E-state index in [4.69, 9.17) is 0 Å². The van der Waals surface area contributed by atoms with Crippen molar-refractivity contribution >= 4 is 0 Å². The van der Waals surface area contributed by atoms with Crippen LogP contribution in [0.5, 0.6) is 0 Å². The molecule has 1 aromatic rings. The van der Waals surface area contributed by atoms with Crippen LogP contribution in [0.3, 0.4) is 0 Å². The average molecular weight is 342 g/mol. The fourth-order valence-electron chi connectivity index (χ4n) is 3.69. The quantitative estimate of drug-likeness (QED) is 0.798. The first-order valence-corrected chi connectivity index (χ1v) is 8.74. The molecule has 2 nitrogen and oxygen atoms in total. The minimum atomic E-state index is -4.09. The van der Waals surface area contributed by atoms with Crippen molar-refractivity contribution in [1.29, 1.82) is 0 Å². The van der Waals surface area contributed by atoms with Crippen molar-refractivity contribution in [1.82, 2.24) is 10.2 Å². The Kier molecular flexibility index (Phi) is 6.32. The van der Waals surface area contributed by atoms with Gasteiger partial charge < -0.3 is 5.32 Å². The van der Waals surface area contributed by atoms with E-state index in [0.29, 0.717) is 25.0 Å². The summed E-state index contributed by atoms with van der Waals surface area (Å²) in [5, 5.41) is 3.53. The van der Waals surface area contributed by atoms with Crippen molar-refractivity contribution in [3.63, 3.8) is 0 Å². The minimum absolute atomic E-state index is 0.0751. The van der Waals surface area contributed by atoms with Gasteiger partial charge in [-0.1, -0.05) is 44.2 Å². The molecule has 1 heterocycles. The number of alkyl halides is 3. The molecule has 1 aliphatic rings. The van der Waals surface area contributed by atoms with Crippen LogP contribution in [0, 0.1) is 5.92 Å². The van der Waals surface area contributed by atoms with Crippen LogP contribution < -0.4 is 5.32 Å². The topological polar surface area (TPSA) is 15.3 Å². The van der Waals surface area contributed by atoms with Crippen LogP contribution in [0.25, 0.3) is 0 Å². The highest BCUT2D eigenvalue weighted by Gasteiger charge is 2.34. The van der Waals surface area contributed by atoms with Gasteiger partial charge in [-0.05, 0) is 49.8 Å². The molecule has 0 spiro atoms. The van der Waals surface area contributed by atoms with Crippen LogP contribution in [-0.4, -0.2) is 43.3 Å². The van der Waals surface area contributed by atoms with Gasteiger partial charge in [-0.3, -0.25) is 4.90 Å². The molecule has 2 atom stereocenters. The molecule has 1 fully saturated rings. The fourth-order valence-corrected chi connectivity index (χ4v) is 3.69. The molecule has 0 amide bonds. The predicted molar refractivity (Wildman–Crippen MR) is 92.2 cm³/mol. The van der Waals surface area contributed by atoms with E-state index in [1.807, 2.05) is 6.07 Å². The Hall–Kier alpha value is -1.07. The first kappa shape index (κ1) is 19.3. The van der Waals surface area contributed by atoms with Gasteiger partial charge in [0, 0.05) is 12.6 Å². The van der Waals surface area contributed by atoms with Crippen molar-refractivity contribution in [2.75, 3.05) is 26.2 Å². The van der Waals surface area contributed by atoms with E-state index in [1.165, 1.54) is 10.5 Å². The number of hydrogen-bond acceptors (Lipinski definition) is 2. The molecule has 0 aliphatic carbocycles. The molecule has 0 bridgehead atoms. The first-order valence-electron chi connectivity index (χ1n) is 8.74. The third kappa shape index (κ3) is 6.10. The largest absolute Gasteiger partial charge is 0.401 e. The average Bonchev–Trinajstić information content (AvgIpc) is 2.91. The summed E-state index contributed by atoms with van der Waals surface area (Å²) < 4.78 is 37.3. The Labute approximate surface area is 143 Å². The van der Waals surface area contributed by atoms with Gasteiger partial charge in [0.25, 0.3) is 0 Å². The molecule has 2 rings (SSSR count). The lowest BCUT2D eigenvalue weighted by Gasteiger charge is -2.30. The molecular weight excluding hydrogens is 313 g/mol. The van der Waals surface area contributed by atoms with Crippen molar-refractivity contribution < 1.29 is 13.2 Å². The summed E-state index contributed by atoms with van der Waals surface area (Å²) in [6.45, 7) is 7.74. The maximum Gasteiger partial charge on any atom is 0.401 e. The molecule has 5 heteroatoms. The van der Waals surface area contributed by atoms with Gasteiger partial charge in [0.1, 0.15) is 0 Å². The van der Waals surface area contributed by atoms with Crippen molar-refractivity contribution in [2.24, 2.45) is 5.92 Å². The van der Waals surface area contributed by atoms with E-state index >= 15 is 0 Å². The lowest BCUT2D eigenvalue weighted by Crippen LogP contribution is -2.37. The smallest absolute Gasteiger partial charge is 0.314 e. The van der Waals surface area contributed by atoms with Crippen LogP contribution in [0.2, 0.25) is 0 Å². The monoisotopic (exact) mass is 342 g/mol. The van der Waals surface area contributed by atoms with Crippen molar-refractivity contribution in [3.8, 4) is 0 Å². The zero-order chi connectivity index (χ0) is 17.8. The molecule has 1 aromatic carbocycles. The van der Waals surface area contributed by atoms with Crippen molar-refractivity contribution in [2.45, 2.75) is 51.2 Å². The second-order valence-corrected chi connectivity index (χ2v) is 7.77. The molecule has 136 valence electrons. The Morgan fingerprint density at radius 3 is 2.50 bits per heavy atom. The molecule has 0 aromatic heterocycles. The van der Waals surface area contributed by atoms with Crippen LogP contribution in [-0.2, 0) is 5.41 Å². The summed E-state index contributed by atoms with van der Waals surface area (Å²) in [7, 11) is 0. The Bertz CT molecular complexity index is 499. The molecule has 2 unspecified atom stereocenters. The highest BCUT2D eigenvalue weighted by atomic mass is 19.4. The number of benzene rings is 1. The summed E-state index contributed by atoms with van der Waals surface area (Å²) in [5.74, 6) is 0.314. The summed E-state index contributed by atoms with van der Waals surface area (Å²) in [4.78, 5) is 1.52. The van der Waals surface area contributed by atoms with Crippen LogP contribution in [0.15, 0.2) is 30.3 Å². The summed E-state index contributed by atoms with van der Waals surface area (Å²) in [5.41, 5.74) is 1.39. The van der Waals surface area contributed by atoms with Crippen LogP contribution >= 0.6 is 0 Å². The number of halogens is 3. The first-order chi connectivity index (χ1) is 11.2. The van der Waals surface area contributed by atoms with Gasteiger partial charge in [0.05, 0.1) is 6.54 Å². The lowest BCUT2D eigenvalue weighted by atomic mass is 9.79. The zero-order valence-corrected chi connectivity index (χ0v) is 14.9. The number of rotatable bonds is 7. The number of hydrogen-bond donors (Lipinski definition) is 1. The standard InChI is InChI=1S/C19H29F3N2/c1-15(11-18(2,3)17-7-5-4-6-8-17)23-12-16-9-10-24(13-16)14-19(20,21)22/h4-8,15-16,23H,9-14H2,1-3H3. The van der Waals surface area contributed by atoms with Crippen LogP contribution in [0.4, 0.5) is 13.2 Å². The SMILES string of the molecule is CC(CC(C)(C)c1ccccc1)NCC1CCN(CC(F)(F)F)C1. The van der Waals surface area contributed by atoms with E-state index in [0.717, 1.165) is 19.4 Å². The highest BCUT2D eigenvalue weighted by Crippen LogP contribution is 2.28. The van der Waals surface area contributed by atoms with E-state index in [1.54, 1.807) is 0 Å². The molecule has 24 heavy (non-hydrogen) atoms. The third-order valence-electron chi connectivity index (χ3n) is 4.90. The lowest BCUT2D eigenvalue weighted by molar-refractivity contribution is -0.143. The number of likely N-dealkylation sites (tertiary alicyclic amines) is 1. The van der Waals surface area contributed by atoms with Crippen LogP contribution in [0.1, 0.15) is 39.2 Å². The van der Waals surface area contributed by atoms with Crippen molar-refractivity contribution in [3.05, 3.63) is 35.9 Å². The third-order valence-corrected chi connectivity index (χ3v) is 4.90. The van der Waals surface area contributed by atoms with E-state index < -0.39 is 12.7 Å². The zero-order valence-electron chi connectivity index (χ0n) is 14.9. The van der Waals surface area contributed by atoms with Gasteiger partial charge in [-0.2, -0.15) is 13.2 Å². The fraction of sp³-hybridized carbons (Fsp3) is 0.684. The Balaban J connectivity index is 1.75. The van der Waals surface area contributed by atoms with Gasteiger partial charge in [-0.25, -0.2) is 0 Å². The normalized spacial score (nSPS) is 21.2. The second kappa shape index (κ2) is 7.87. The molecular formula is C19H29F3N2. The van der Waals surface area contributed by atoms with Gasteiger partial charge in [-0.15, -0.1) is 0 Å². The Morgan fingerprint density at radius 1 is 1.21 bits per heavy atom. The molecule has 0 saturated carbocycles. The molecule has 0 radical (unpaired) electrons. The predicted octanol–water partition coefficient (Wildman–Crippen LogP) is 4.22. The van der Waals surface area contributed by atoms with E-state index in [-0.39, 0.29) is 5.41 Å². The second-order valence-electron chi connectivity index (χ2n) is 7.77. The summed E-state index contributed by atoms with van der Waals surface area (Å²) >= 11 is 0. The number of nitrogens with one attached hydrogen (secondary N) is 1. The van der Waals surface area contributed by atoms with Gasteiger partial charge in [0.15, 0.2) is 0 Å². The molecule has 1 aliphatic heterocycles. The minimum Gasteiger partial charge on any atom is -0.314 e. The maximum absolute atomic E-state index is 12.4. The van der Waals surface area contributed by atoms with Gasteiger partial charge in [0.2, 0.25) is 0 Å². The Morgan fingerprint density at radius 2 is 1.88 bits per heavy atom. The van der Waals surface area contributed by atoms with E-state index in [2.05, 4.69) is 50.4 Å². The highest BCUT2D eigenvalue weighted by molar-refractivity contribution is 5.23. The maximum atomic E-state index is 12.4. The summed E-state index contributed by atoms with van der Waals surface area (Å²) in [6.07, 6.45) is -2.25. The number of nitrogens with zero attached hydrogens (tertiary/aromatic N) is 1. The molecule has 1 N–H and O–H groups in total. The summed E-state index contributed by atoms with van der Waals surface area (Å²) in [6, 6.07) is 10.8. The van der Waals surface area contributed by atoms with E-state index in [9.17, 15) is 13.2 Å². The van der Waals surface area contributed by atoms with Gasteiger partial charge >= 0.3 is 6.18 Å². The molecule has 1 saturated heterocycles.